The van der Waals surface area contributed by atoms with Gasteiger partial charge in [0.05, 0.1) is 65.8 Å². The van der Waals surface area contributed by atoms with E-state index >= 15 is 0 Å². The summed E-state index contributed by atoms with van der Waals surface area (Å²) in [6.45, 7) is 5.63. The van der Waals surface area contributed by atoms with Crippen molar-refractivity contribution in [1.29, 1.82) is 0 Å². The van der Waals surface area contributed by atoms with Gasteiger partial charge in [0.2, 0.25) is 5.91 Å². The Bertz CT molecular complexity index is 1410. The molecule has 4 aromatic heterocycles. The van der Waals surface area contributed by atoms with Crippen molar-refractivity contribution in [3.05, 3.63) is 48.3 Å². The van der Waals surface area contributed by atoms with Crippen molar-refractivity contribution in [2.75, 3.05) is 30.3 Å². The van der Waals surface area contributed by atoms with Crippen LogP contribution in [0.1, 0.15) is 35.8 Å². The number of likely N-dealkylation sites (tertiary alicyclic amines) is 1. The molecule has 2 amide bonds. The number of hydrogen-bond donors (Lipinski definition) is 3. The van der Waals surface area contributed by atoms with Gasteiger partial charge in [-0.05, 0) is 39.3 Å². The van der Waals surface area contributed by atoms with Crippen molar-refractivity contribution in [2.24, 2.45) is 0 Å². The molecule has 12 heteroatoms. The molecule has 0 radical (unpaired) electrons. The summed E-state index contributed by atoms with van der Waals surface area (Å²) in [6.07, 6.45) is 10.8. The zero-order valence-electron chi connectivity index (χ0n) is 20.1. The van der Waals surface area contributed by atoms with Crippen molar-refractivity contribution in [3.8, 4) is 10.4 Å². The minimum Gasteiger partial charge on any atom is -0.394 e. The van der Waals surface area contributed by atoms with Crippen LogP contribution in [0.5, 0.6) is 0 Å². The third kappa shape index (κ3) is 5.01. The van der Waals surface area contributed by atoms with Crippen LogP contribution < -0.4 is 10.6 Å². The Balaban J connectivity index is 1.30. The molecular formula is C24H28N8O3S. The number of nitrogens with one attached hydrogen (secondary N) is 2. The summed E-state index contributed by atoms with van der Waals surface area (Å²) in [5, 5.41) is 23.5. The number of aromatic nitrogens is 5. The fraction of sp³-hybridized carbons (Fsp3) is 0.375. The molecular weight excluding hydrogens is 480 g/mol. The Morgan fingerprint density at radius 2 is 2.06 bits per heavy atom. The highest BCUT2D eigenvalue weighted by molar-refractivity contribution is 7.21. The van der Waals surface area contributed by atoms with Crippen LogP contribution in [0.2, 0.25) is 0 Å². The molecule has 1 aliphatic heterocycles. The molecule has 5 heterocycles. The molecule has 1 aliphatic rings. The average Bonchev–Trinajstić information content (AvgIpc) is 3.62. The Kier molecular flexibility index (Phi) is 6.81. The van der Waals surface area contributed by atoms with Gasteiger partial charge in [-0.3, -0.25) is 24.2 Å². The quantitative estimate of drug-likeness (QED) is 0.334. The number of carbonyl (C=O) groups is 2. The summed E-state index contributed by atoms with van der Waals surface area (Å²) in [7, 11) is 0. The number of aliphatic hydroxyl groups excluding tert-OH is 1. The van der Waals surface area contributed by atoms with Crippen LogP contribution in [0, 0.1) is 6.92 Å². The molecule has 0 spiro atoms. The Morgan fingerprint density at radius 3 is 2.83 bits per heavy atom. The lowest BCUT2D eigenvalue weighted by atomic mass is 10.2. The van der Waals surface area contributed by atoms with Gasteiger partial charge in [0, 0.05) is 24.0 Å². The maximum atomic E-state index is 13.2. The van der Waals surface area contributed by atoms with Crippen LogP contribution in [-0.2, 0) is 11.3 Å². The topological polar surface area (TPSA) is 130 Å². The monoisotopic (exact) mass is 508 g/mol. The number of hydrogen-bond acceptors (Lipinski definition) is 8. The first kappa shape index (κ1) is 24.1. The Hall–Kier alpha value is -3.61. The molecule has 1 atom stereocenters. The lowest BCUT2D eigenvalue weighted by Crippen LogP contribution is -2.35. The number of rotatable bonds is 8. The first-order valence-corrected chi connectivity index (χ1v) is 12.7. The van der Waals surface area contributed by atoms with Crippen LogP contribution in [0.15, 0.2) is 37.1 Å². The number of pyridine rings is 1. The number of nitrogens with zero attached hydrogens (tertiary/aromatic N) is 6. The van der Waals surface area contributed by atoms with Crippen LogP contribution in [0.25, 0.3) is 15.3 Å². The van der Waals surface area contributed by atoms with Crippen molar-refractivity contribution >= 4 is 39.4 Å². The summed E-state index contributed by atoms with van der Waals surface area (Å²) < 4.78 is 3.33. The standard InChI is InChI=1S/C24H28N8O3S/c1-15-4-3-5-30(15)14-22(34)28-18-8-20(16(2)25-10-18)29-23(35)19-11-27-32-13-21(36-24(19)32)17-9-26-31(12-17)6-7-33/h8-13,15,33H,3-7,14H2,1-2H3,(H,28,34)(H,29,35)/t15-/m0/s1. The Morgan fingerprint density at radius 1 is 1.19 bits per heavy atom. The van der Waals surface area contributed by atoms with E-state index < -0.39 is 0 Å². The van der Waals surface area contributed by atoms with E-state index in [0.29, 0.717) is 46.6 Å². The van der Waals surface area contributed by atoms with E-state index in [1.54, 1.807) is 34.6 Å². The molecule has 1 fully saturated rings. The number of fused-ring (bicyclic) bond motifs is 1. The van der Waals surface area contributed by atoms with E-state index in [9.17, 15) is 9.59 Å². The summed E-state index contributed by atoms with van der Waals surface area (Å²) >= 11 is 1.43. The second-order valence-corrected chi connectivity index (χ2v) is 9.97. The van der Waals surface area contributed by atoms with Crippen molar-refractivity contribution < 1.29 is 14.7 Å². The molecule has 36 heavy (non-hydrogen) atoms. The van der Waals surface area contributed by atoms with Crippen LogP contribution in [-0.4, -0.2) is 71.9 Å². The molecule has 188 valence electrons. The largest absolute Gasteiger partial charge is 0.394 e. The lowest BCUT2D eigenvalue weighted by Gasteiger charge is -2.20. The minimum absolute atomic E-state index is 0.00993. The highest BCUT2D eigenvalue weighted by atomic mass is 32.1. The second kappa shape index (κ2) is 10.2. The smallest absolute Gasteiger partial charge is 0.260 e. The van der Waals surface area contributed by atoms with E-state index in [4.69, 9.17) is 5.11 Å². The average molecular weight is 509 g/mol. The molecule has 0 aromatic carbocycles. The van der Waals surface area contributed by atoms with Gasteiger partial charge in [0.15, 0.2) is 0 Å². The first-order valence-electron chi connectivity index (χ1n) is 11.8. The fourth-order valence-corrected chi connectivity index (χ4v) is 5.35. The van der Waals surface area contributed by atoms with Crippen LogP contribution in [0.4, 0.5) is 11.4 Å². The number of amides is 2. The van der Waals surface area contributed by atoms with Crippen LogP contribution >= 0.6 is 11.3 Å². The molecule has 4 aromatic rings. The van der Waals surface area contributed by atoms with Gasteiger partial charge in [0.1, 0.15) is 4.83 Å². The van der Waals surface area contributed by atoms with Crippen molar-refractivity contribution in [2.45, 2.75) is 39.3 Å². The van der Waals surface area contributed by atoms with Gasteiger partial charge in [-0.1, -0.05) is 0 Å². The maximum Gasteiger partial charge on any atom is 0.260 e. The normalized spacial score (nSPS) is 16.0. The van der Waals surface area contributed by atoms with E-state index in [1.165, 1.54) is 17.5 Å². The molecule has 0 bridgehead atoms. The molecule has 0 aliphatic carbocycles. The van der Waals surface area contributed by atoms with E-state index in [-0.39, 0.29) is 18.4 Å². The predicted octanol–water partition coefficient (Wildman–Crippen LogP) is 2.63. The number of anilines is 2. The third-order valence-electron chi connectivity index (χ3n) is 6.34. The van der Waals surface area contributed by atoms with E-state index in [0.717, 1.165) is 29.8 Å². The molecule has 0 saturated carbocycles. The van der Waals surface area contributed by atoms with Crippen molar-refractivity contribution in [3.63, 3.8) is 0 Å². The molecule has 11 nitrogen and oxygen atoms in total. The van der Waals surface area contributed by atoms with Gasteiger partial charge in [-0.15, -0.1) is 11.3 Å². The zero-order chi connectivity index (χ0) is 25.2. The molecule has 1 saturated heterocycles. The van der Waals surface area contributed by atoms with Crippen molar-refractivity contribution in [1.82, 2.24) is 29.3 Å². The van der Waals surface area contributed by atoms with E-state index in [1.807, 2.05) is 12.4 Å². The second-order valence-electron chi connectivity index (χ2n) is 8.94. The Labute approximate surface area is 211 Å². The highest BCUT2D eigenvalue weighted by Gasteiger charge is 2.23. The number of thiazole rings is 1. The fourth-order valence-electron chi connectivity index (χ4n) is 4.32. The molecule has 0 unspecified atom stereocenters. The summed E-state index contributed by atoms with van der Waals surface area (Å²) in [5.41, 5.74) is 3.02. The van der Waals surface area contributed by atoms with E-state index in [2.05, 4.69) is 37.6 Å². The third-order valence-corrected chi connectivity index (χ3v) is 7.50. The first-order chi connectivity index (χ1) is 17.4. The van der Waals surface area contributed by atoms with Gasteiger partial charge < -0.3 is 15.7 Å². The van der Waals surface area contributed by atoms with Gasteiger partial charge >= 0.3 is 0 Å². The summed E-state index contributed by atoms with van der Waals surface area (Å²) in [6, 6.07) is 2.13. The molecule has 5 rings (SSSR count). The minimum atomic E-state index is -0.311. The van der Waals surface area contributed by atoms with Crippen LogP contribution in [0.3, 0.4) is 0 Å². The number of aliphatic hydroxyl groups is 1. The van der Waals surface area contributed by atoms with Gasteiger partial charge in [-0.25, -0.2) is 4.52 Å². The number of carbonyl (C=O) groups excluding carboxylic acids is 2. The van der Waals surface area contributed by atoms with Gasteiger partial charge in [-0.2, -0.15) is 10.2 Å². The lowest BCUT2D eigenvalue weighted by molar-refractivity contribution is -0.117. The summed E-state index contributed by atoms with van der Waals surface area (Å²) in [5.74, 6) is -0.410. The summed E-state index contributed by atoms with van der Waals surface area (Å²) in [4.78, 5) is 33.8. The van der Waals surface area contributed by atoms with Gasteiger partial charge in [0.25, 0.3) is 5.91 Å². The highest BCUT2D eigenvalue weighted by Crippen LogP contribution is 2.31. The predicted molar refractivity (Wildman–Crippen MR) is 137 cm³/mol. The SMILES string of the molecule is Cc1ncc(NC(=O)CN2CCC[C@@H]2C)cc1NC(=O)c1cnn2cc(-c3cnn(CCO)c3)sc12. The number of aryl methyl sites for hydroxylation is 1. The molecule has 3 N–H and O–H groups in total. The zero-order valence-corrected chi connectivity index (χ0v) is 21.0. The maximum absolute atomic E-state index is 13.2.